The third kappa shape index (κ3) is 2.16. The van der Waals surface area contributed by atoms with Gasteiger partial charge in [-0.3, -0.25) is 4.79 Å². The predicted molar refractivity (Wildman–Crippen MR) is 61.9 cm³/mol. The molecule has 0 unspecified atom stereocenters. The fraction of sp³-hybridized carbons (Fsp3) is 0. The van der Waals surface area contributed by atoms with Gasteiger partial charge < -0.3 is 0 Å². The maximum absolute atomic E-state index is 12.8. The van der Waals surface area contributed by atoms with E-state index in [4.69, 9.17) is 0 Å². The van der Waals surface area contributed by atoms with Crippen LogP contribution < -0.4 is 0 Å². The van der Waals surface area contributed by atoms with Crippen LogP contribution in [0.4, 0.5) is 4.39 Å². The molecule has 0 spiro atoms. The molecule has 0 fully saturated rings. The van der Waals surface area contributed by atoms with Crippen molar-refractivity contribution in [2.45, 2.75) is 0 Å². The Morgan fingerprint density at radius 3 is 2.73 bits per heavy atom. The van der Waals surface area contributed by atoms with Gasteiger partial charge in [-0.1, -0.05) is 6.07 Å². The van der Waals surface area contributed by atoms with Crippen LogP contribution in [0.25, 0.3) is 0 Å². The van der Waals surface area contributed by atoms with Crippen molar-refractivity contribution >= 4 is 33.0 Å². The van der Waals surface area contributed by atoms with Crippen LogP contribution >= 0.6 is 27.3 Å². The van der Waals surface area contributed by atoms with E-state index >= 15 is 0 Å². The molecule has 0 aliphatic heterocycles. The highest BCUT2D eigenvalue weighted by Gasteiger charge is 2.13. The molecule has 0 N–H and O–H groups in total. The van der Waals surface area contributed by atoms with Crippen molar-refractivity contribution in [3.63, 3.8) is 0 Å². The van der Waals surface area contributed by atoms with Gasteiger partial charge in [-0.05, 0) is 45.6 Å². The first-order valence-electron chi connectivity index (χ1n) is 4.22. The lowest BCUT2D eigenvalue weighted by Crippen LogP contribution is -1.99. The van der Waals surface area contributed by atoms with Crippen LogP contribution in [0.1, 0.15) is 15.2 Å². The van der Waals surface area contributed by atoms with E-state index in [2.05, 4.69) is 15.9 Å². The minimum absolute atomic E-state index is 0.0862. The van der Waals surface area contributed by atoms with Crippen LogP contribution in [-0.2, 0) is 0 Å². The zero-order chi connectivity index (χ0) is 10.8. The molecule has 15 heavy (non-hydrogen) atoms. The normalized spacial score (nSPS) is 10.3. The molecule has 1 heterocycles. The summed E-state index contributed by atoms with van der Waals surface area (Å²) >= 11 is 4.55. The number of ketones is 1. The SMILES string of the molecule is O=C(c1cccs1)c1ccc(F)cc1Br. The summed E-state index contributed by atoms with van der Waals surface area (Å²) in [6.45, 7) is 0. The fourth-order valence-corrected chi connectivity index (χ4v) is 2.42. The molecule has 2 aromatic rings. The van der Waals surface area contributed by atoms with Gasteiger partial charge in [0.1, 0.15) is 5.82 Å². The van der Waals surface area contributed by atoms with Gasteiger partial charge in [0.25, 0.3) is 0 Å². The Labute approximate surface area is 98.7 Å². The van der Waals surface area contributed by atoms with Gasteiger partial charge in [0.15, 0.2) is 0 Å². The van der Waals surface area contributed by atoms with Gasteiger partial charge in [0, 0.05) is 10.0 Å². The average molecular weight is 285 g/mol. The maximum Gasteiger partial charge on any atom is 0.204 e. The van der Waals surface area contributed by atoms with Crippen molar-refractivity contribution in [3.05, 3.63) is 56.4 Å². The van der Waals surface area contributed by atoms with E-state index in [1.807, 2.05) is 11.4 Å². The summed E-state index contributed by atoms with van der Waals surface area (Å²) < 4.78 is 13.3. The van der Waals surface area contributed by atoms with Gasteiger partial charge in [-0.2, -0.15) is 0 Å². The zero-order valence-corrected chi connectivity index (χ0v) is 9.94. The highest BCUT2D eigenvalue weighted by molar-refractivity contribution is 9.10. The molecular formula is C11H6BrFOS. The summed E-state index contributed by atoms with van der Waals surface area (Å²) in [5, 5.41) is 1.84. The van der Waals surface area contributed by atoms with Crippen LogP contribution in [0.5, 0.6) is 0 Å². The van der Waals surface area contributed by atoms with Crippen molar-refractivity contribution < 1.29 is 9.18 Å². The number of hydrogen-bond donors (Lipinski definition) is 0. The maximum atomic E-state index is 12.8. The topological polar surface area (TPSA) is 17.1 Å². The van der Waals surface area contributed by atoms with Crippen LogP contribution in [0, 0.1) is 5.82 Å². The molecule has 0 saturated carbocycles. The molecule has 1 aromatic heterocycles. The number of rotatable bonds is 2. The number of thiophene rings is 1. The van der Waals surface area contributed by atoms with Gasteiger partial charge in [0.2, 0.25) is 5.78 Å². The first-order chi connectivity index (χ1) is 7.18. The third-order valence-electron chi connectivity index (χ3n) is 1.92. The molecule has 0 atom stereocenters. The summed E-state index contributed by atoms with van der Waals surface area (Å²) in [7, 11) is 0. The quantitative estimate of drug-likeness (QED) is 0.765. The van der Waals surface area contributed by atoms with E-state index in [-0.39, 0.29) is 11.6 Å². The van der Waals surface area contributed by atoms with Gasteiger partial charge in [-0.15, -0.1) is 11.3 Å². The Kier molecular flexibility index (Phi) is 2.98. The summed E-state index contributed by atoms with van der Waals surface area (Å²) in [4.78, 5) is 12.6. The van der Waals surface area contributed by atoms with E-state index in [9.17, 15) is 9.18 Å². The average Bonchev–Trinajstić information content (AvgIpc) is 2.69. The lowest BCUT2D eigenvalue weighted by Gasteiger charge is -2.01. The highest BCUT2D eigenvalue weighted by Crippen LogP contribution is 2.23. The van der Waals surface area contributed by atoms with Crippen LogP contribution in [0.2, 0.25) is 0 Å². The molecule has 1 nitrogen and oxygen atoms in total. The molecule has 0 bridgehead atoms. The molecule has 0 aliphatic carbocycles. The van der Waals surface area contributed by atoms with Crippen molar-refractivity contribution in [2.75, 3.05) is 0 Å². The number of carbonyl (C=O) groups excluding carboxylic acids is 1. The van der Waals surface area contributed by atoms with Gasteiger partial charge in [-0.25, -0.2) is 4.39 Å². The second-order valence-electron chi connectivity index (χ2n) is 2.93. The smallest absolute Gasteiger partial charge is 0.204 e. The lowest BCUT2D eigenvalue weighted by molar-refractivity contribution is 0.104. The lowest BCUT2D eigenvalue weighted by atomic mass is 10.1. The standard InChI is InChI=1S/C11H6BrFOS/c12-9-6-7(13)3-4-8(9)11(14)10-2-1-5-15-10/h1-6H. The molecule has 0 amide bonds. The summed E-state index contributed by atoms with van der Waals surface area (Å²) in [5.74, 6) is -0.443. The Morgan fingerprint density at radius 1 is 1.33 bits per heavy atom. The Bertz CT molecular complexity index is 493. The Hall–Kier alpha value is -1.00. The molecule has 4 heteroatoms. The fourth-order valence-electron chi connectivity index (χ4n) is 1.21. The molecule has 0 saturated heterocycles. The molecule has 0 aliphatic rings. The molecular weight excluding hydrogens is 279 g/mol. The number of carbonyl (C=O) groups is 1. The van der Waals surface area contributed by atoms with E-state index in [0.29, 0.717) is 14.9 Å². The highest BCUT2D eigenvalue weighted by atomic mass is 79.9. The minimum atomic E-state index is -0.357. The largest absolute Gasteiger partial charge is 0.288 e. The van der Waals surface area contributed by atoms with Crippen molar-refractivity contribution in [1.29, 1.82) is 0 Å². The molecule has 2 rings (SSSR count). The van der Waals surface area contributed by atoms with Crippen molar-refractivity contribution in [3.8, 4) is 0 Å². The van der Waals surface area contributed by atoms with E-state index in [1.165, 1.54) is 29.5 Å². The monoisotopic (exact) mass is 284 g/mol. The second kappa shape index (κ2) is 4.24. The number of hydrogen-bond acceptors (Lipinski definition) is 2. The predicted octanol–water partition coefficient (Wildman–Crippen LogP) is 3.88. The zero-order valence-electron chi connectivity index (χ0n) is 7.54. The third-order valence-corrected chi connectivity index (χ3v) is 3.45. The molecule has 0 radical (unpaired) electrons. The first-order valence-corrected chi connectivity index (χ1v) is 5.89. The Balaban J connectivity index is 2.42. The van der Waals surface area contributed by atoms with Crippen LogP contribution in [0.15, 0.2) is 40.2 Å². The number of halogens is 2. The molecule has 76 valence electrons. The summed E-state index contributed by atoms with van der Waals surface area (Å²) in [6, 6.07) is 7.63. The van der Waals surface area contributed by atoms with Crippen molar-refractivity contribution in [1.82, 2.24) is 0 Å². The molecule has 1 aromatic carbocycles. The van der Waals surface area contributed by atoms with E-state index < -0.39 is 0 Å². The second-order valence-corrected chi connectivity index (χ2v) is 4.73. The first kappa shape index (κ1) is 10.5. The van der Waals surface area contributed by atoms with E-state index in [0.717, 1.165) is 0 Å². The van der Waals surface area contributed by atoms with Crippen LogP contribution in [-0.4, -0.2) is 5.78 Å². The van der Waals surface area contributed by atoms with Crippen molar-refractivity contribution in [2.24, 2.45) is 0 Å². The van der Waals surface area contributed by atoms with Crippen LogP contribution in [0.3, 0.4) is 0 Å². The van der Waals surface area contributed by atoms with E-state index in [1.54, 1.807) is 6.07 Å². The Morgan fingerprint density at radius 2 is 2.13 bits per heavy atom. The van der Waals surface area contributed by atoms with Gasteiger partial charge >= 0.3 is 0 Å². The number of benzene rings is 1. The van der Waals surface area contributed by atoms with Gasteiger partial charge in [0.05, 0.1) is 4.88 Å². The summed E-state index contributed by atoms with van der Waals surface area (Å²) in [5.41, 5.74) is 0.485. The minimum Gasteiger partial charge on any atom is -0.288 e. The summed E-state index contributed by atoms with van der Waals surface area (Å²) in [6.07, 6.45) is 0.